The van der Waals surface area contributed by atoms with Crippen LogP contribution in [0.2, 0.25) is 5.02 Å². The quantitative estimate of drug-likeness (QED) is 0.825. The number of rotatable bonds is 6. The van der Waals surface area contributed by atoms with Crippen molar-refractivity contribution in [3.8, 4) is 0 Å². The number of nitrogens with zero attached hydrogens (tertiary/aromatic N) is 2. The van der Waals surface area contributed by atoms with E-state index in [4.69, 9.17) is 11.6 Å². The molecule has 1 unspecified atom stereocenters. The topological polar surface area (TPSA) is 35.6 Å². The molecule has 1 heterocycles. The predicted molar refractivity (Wildman–Crippen MR) is 111 cm³/mol. The summed E-state index contributed by atoms with van der Waals surface area (Å²) in [6, 6.07) is 18.1. The van der Waals surface area contributed by atoms with Gasteiger partial charge in [-0.25, -0.2) is 0 Å². The van der Waals surface area contributed by atoms with E-state index in [9.17, 15) is 4.79 Å². The molecule has 1 N–H and O–H groups in total. The first kappa shape index (κ1) is 19.9. The van der Waals surface area contributed by atoms with Crippen molar-refractivity contribution < 1.29 is 4.79 Å². The molecule has 0 aliphatic carbocycles. The Morgan fingerprint density at radius 1 is 1.04 bits per heavy atom. The van der Waals surface area contributed by atoms with E-state index in [1.54, 1.807) is 0 Å². The molecule has 1 fully saturated rings. The van der Waals surface area contributed by atoms with E-state index in [-0.39, 0.29) is 11.9 Å². The second-order valence-corrected chi connectivity index (χ2v) is 7.54. The zero-order valence-electron chi connectivity index (χ0n) is 15.9. The van der Waals surface area contributed by atoms with Gasteiger partial charge in [0.15, 0.2) is 0 Å². The molecule has 27 heavy (non-hydrogen) atoms. The van der Waals surface area contributed by atoms with Crippen molar-refractivity contribution in [3.05, 3.63) is 70.7 Å². The Bertz CT molecular complexity index is 737. The molecule has 1 amide bonds. The lowest BCUT2D eigenvalue weighted by atomic mass is 10.2. The molecule has 1 aliphatic heterocycles. The smallest absolute Gasteiger partial charge is 0.237 e. The summed E-state index contributed by atoms with van der Waals surface area (Å²) in [5.41, 5.74) is 2.29. The molecule has 0 spiro atoms. The molecule has 2 aromatic carbocycles. The van der Waals surface area contributed by atoms with Crippen LogP contribution in [0.5, 0.6) is 0 Å². The highest BCUT2D eigenvalue weighted by Crippen LogP contribution is 2.15. The summed E-state index contributed by atoms with van der Waals surface area (Å²) in [4.78, 5) is 17.4. The fourth-order valence-corrected chi connectivity index (χ4v) is 3.72. The van der Waals surface area contributed by atoms with E-state index in [1.807, 2.05) is 31.2 Å². The standard InChI is InChI=1S/C22H28ClN3O/c1-18(22(27)24-16-20-10-5-6-11-21(20)23)26-13-7-12-25(14-15-26)17-19-8-3-2-4-9-19/h2-6,8-11,18H,7,12-17H2,1H3,(H,24,27). The van der Waals surface area contributed by atoms with Crippen LogP contribution in [-0.4, -0.2) is 47.9 Å². The van der Waals surface area contributed by atoms with Crippen molar-refractivity contribution in [2.45, 2.75) is 32.5 Å². The SMILES string of the molecule is CC(C(=O)NCc1ccccc1Cl)N1CCCN(Cc2ccccc2)CC1. The summed E-state index contributed by atoms with van der Waals surface area (Å²) >= 11 is 6.17. The third kappa shape index (κ3) is 5.80. The molecule has 3 rings (SSSR count). The van der Waals surface area contributed by atoms with Gasteiger partial charge in [0, 0.05) is 37.7 Å². The minimum atomic E-state index is -0.135. The number of hydrogen-bond acceptors (Lipinski definition) is 3. The van der Waals surface area contributed by atoms with E-state index in [0.717, 1.165) is 44.7 Å². The molecule has 0 aromatic heterocycles. The van der Waals surface area contributed by atoms with Crippen molar-refractivity contribution in [1.29, 1.82) is 0 Å². The summed E-state index contributed by atoms with van der Waals surface area (Å²) in [7, 11) is 0. The Hall–Kier alpha value is -1.88. The lowest BCUT2D eigenvalue weighted by molar-refractivity contribution is -0.126. The van der Waals surface area contributed by atoms with Gasteiger partial charge in [0.2, 0.25) is 5.91 Å². The van der Waals surface area contributed by atoms with Crippen LogP contribution in [0.4, 0.5) is 0 Å². The minimum absolute atomic E-state index is 0.0615. The first-order valence-electron chi connectivity index (χ1n) is 9.65. The maximum atomic E-state index is 12.6. The molecular formula is C22H28ClN3O. The normalized spacial score (nSPS) is 17.3. The fourth-order valence-electron chi connectivity index (χ4n) is 3.52. The van der Waals surface area contributed by atoms with Crippen LogP contribution >= 0.6 is 11.6 Å². The third-order valence-electron chi connectivity index (χ3n) is 5.21. The van der Waals surface area contributed by atoms with Crippen molar-refractivity contribution >= 4 is 17.5 Å². The molecular weight excluding hydrogens is 358 g/mol. The number of nitrogens with one attached hydrogen (secondary N) is 1. The minimum Gasteiger partial charge on any atom is -0.351 e. The average Bonchev–Trinajstić information content (AvgIpc) is 2.93. The van der Waals surface area contributed by atoms with Crippen molar-refractivity contribution in [2.75, 3.05) is 26.2 Å². The van der Waals surface area contributed by atoms with Crippen LogP contribution in [0.1, 0.15) is 24.5 Å². The van der Waals surface area contributed by atoms with Crippen LogP contribution in [0.25, 0.3) is 0 Å². The summed E-state index contributed by atoms with van der Waals surface area (Å²) in [6.45, 7) is 7.35. The molecule has 1 atom stereocenters. The number of carbonyl (C=O) groups excluding carboxylic acids is 1. The molecule has 4 nitrogen and oxygen atoms in total. The monoisotopic (exact) mass is 385 g/mol. The van der Waals surface area contributed by atoms with Gasteiger partial charge in [0.05, 0.1) is 6.04 Å². The molecule has 0 saturated carbocycles. The predicted octanol–water partition coefficient (Wildman–Crippen LogP) is 3.55. The van der Waals surface area contributed by atoms with Crippen LogP contribution in [0.15, 0.2) is 54.6 Å². The van der Waals surface area contributed by atoms with E-state index < -0.39 is 0 Å². The summed E-state index contributed by atoms with van der Waals surface area (Å²) in [5, 5.41) is 3.72. The molecule has 2 aromatic rings. The summed E-state index contributed by atoms with van der Waals surface area (Å²) < 4.78 is 0. The van der Waals surface area contributed by atoms with Gasteiger partial charge in [-0.3, -0.25) is 14.6 Å². The number of amides is 1. The van der Waals surface area contributed by atoms with Gasteiger partial charge in [-0.2, -0.15) is 0 Å². The molecule has 1 saturated heterocycles. The molecule has 1 aliphatic rings. The lowest BCUT2D eigenvalue weighted by Gasteiger charge is -2.27. The largest absolute Gasteiger partial charge is 0.351 e. The second-order valence-electron chi connectivity index (χ2n) is 7.14. The third-order valence-corrected chi connectivity index (χ3v) is 5.58. The van der Waals surface area contributed by atoms with Crippen LogP contribution in [0.3, 0.4) is 0 Å². The Morgan fingerprint density at radius 2 is 1.78 bits per heavy atom. The summed E-state index contributed by atoms with van der Waals surface area (Å²) in [6.07, 6.45) is 1.08. The van der Waals surface area contributed by atoms with Crippen molar-refractivity contribution in [1.82, 2.24) is 15.1 Å². The highest BCUT2D eigenvalue weighted by Gasteiger charge is 2.24. The zero-order chi connectivity index (χ0) is 19.1. The number of carbonyl (C=O) groups is 1. The van der Waals surface area contributed by atoms with Gasteiger partial charge in [-0.05, 0) is 37.1 Å². The number of hydrogen-bond donors (Lipinski definition) is 1. The van der Waals surface area contributed by atoms with E-state index in [1.165, 1.54) is 5.56 Å². The molecule has 0 bridgehead atoms. The Labute approximate surface area is 167 Å². The van der Waals surface area contributed by atoms with Gasteiger partial charge >= 0.3 is 0 Å². The van der Waals surface area contributed by atoms with Crippen LogP contribution in [0, 0.1) is 0 Å². The first-order valence-corrected chi connectivity index (χ1v) is 10.0. The van der Waals surface area contributed by atoms with Gasteiger partial charge in [0.1, 0.15) is 0 Å². The van der Waals surface area contributed by atoms with E-state index >= 15 is 0 Å². The highest BCUT2D eigenvalue weighted by molar-refractivity contribution is 6.31. The molecule has 0 radical (unpaired) electrons. The van der Waals surface area contributed by atoms with Crippen molar-refractivity contribution in [3.63, 3.8) is 0 Å². The second kappa shape index (κ2) is 9.88. The van der Waals surface area contributed by atoms with E-state index in [2.05, 4.69) is 45.4 Å². The fraction of sp³-hybridized carbons (Fsp3) is 0.409. The molecule has 144 valence electrons. The maximum absolute atomic E-state index is 12.6. The maximum Gasteiger partial charge on any atom is 0.237 e. The Kier molecular flexibility index (Phi) is 7.27. The average molecular weight is 386 g/mol. The summed E-state index contributed by atoms with van der Waals surface area (Å²) in [5.74, 6) is 0.0615. The molecule has 5 heteroatoms. The van der Waals surface area contributed by atoms with Crippen LogP contribution < -0.4 is 5.32 Å². The van der Waals surface area contributed by atoms with E-state index in [0.29, 0.717) is 11.6 Å². The Balaban J connectivity index is 1.49. The van der Waals surface area contributed by atoms with Crippen LogP contribution in [-0.2, 0) is 17.9 Å². The van der Waals surface area contributed by atoms with Gasteiger partial charge in [-0.1, -0.05) is 60.1 Å². The lowest BCUT2D eigenvalue weighted by Crippen LogP contribution is -2.46. The highest BCUT2D eigenvalue weighted by atomic mass is 35.5. The van der Waals surface area contributed by atoms with Crippen molar-refractivity contribution in [2.24, 2.45) is 0 Å². The number of benzene rings is 2. The van der Waals surface area contributed by atoms with Gasteiger partial charge < -0.3 is 5.32 Å². The first-order chi connectivity index (χ1) is 13.1. The van der Waals surface area contributed by atoms with Gasteiger partial charge in [0.25, 0.3) is 0 Å². The zero-order valence-corrected chi connectivity index (χ0v) is 16.7. The number of halogens is 1. The van der Waals surface area contributed by atoms with Gasteiger partial charge in [-0.15, -0.1) is 0 Å². The Morgan fingerprint density at radius 3 is 2.56 bits per heavy atom.